The highest BCUT2D eigenvalue weighted by atomic mass is 79.9. The van der Waals surface area contributed by atoms with E-state index in [0.717, 1.165) is 4.80 Å². The van der Waals surface area contributed by atoms with Crippen LogP contribution in [0.1, 0.15) is 0 Å². The molecule has 0 radical (unpaired) electrons. The Morgan fingerprint density at radius 1 is 1.43 bits per heavy atom. The molecule has 0 saturated carbocycles. The number of nitrogen functional groups attached to an aromatic ring is 1. The Kier molecular flexibility index (Phi) is 2.20. The van der Waals surface area contributed by atoms with Crippen molar-refractivity contribution >= 4 is 21.7 Å². The second-order valence-corrected chi connectivity index (χ2v) is 3.57. The second-order valence-electron chi connectivity index (χ2n) is 2.65. The van der Waals surface area contributed by atoms with Gasteiger partial charge in [-0.1, -0.05) is 15.9 Å². The third kappa shape index (κ3) is 1.60. The van der Waals surface area contributed by atoms with E-state index in [-0.39, 0.29) is 11.5 Å². The SMILES string of the molecule is Nc1cnn(-c2ccc(Br)cc2F)n1. The molecule has 0 aliphatic heterocycles. The molecule has 2 rings (SSSR count). The third-order valence-corrected chi connectivity index (χ3v) is 2.13. The number of halogens is 2. The fourth-order valence-corrected chi connectivity index (χ4v) is 1.37. The van der Waals surface area contributed by atoms with Crippen molar-refractivity contribution in [1.29, 1.82) is 0 Å². The van der Waals surface area contributed by atoms with Gasteiger partial charge in [0.05, 0.1) is 6.20 Å². The van der Waals surface area contributed by atoms with Crippen molar-refractivity contribution in [2.75, 3.05) is 5.73 Å². The van der Waals surface area contributed by atoms with Crippen LogP contribution >= 0.6 is 15.9 Å². The Labute approximate surface area is 87.7 Å². The van der Waals surface area contributed by atoms with E-state index in [2.05, 4.69) is 26.1 Å². The van der Waals surface area contributed by atoms with E-state index in [9.17, 15) is 4.39 Å². The predicted molar refractivity (Wildman–Crippen MR) is 53.4 cm³/mol. The lowest BCUT2D eigenvalue weighted by atomic mass is 10.3. The molecule has 0 atom stereocenters. The number of hydrogen-bond donors (Lipinski definition) is 1. The molecule has 0 bridgehead atoms. The summed E-state index contributed by atoms with van der Waals surface area (Å²) >= 11 is 3.16. The molecule has 0 amide bonds. The number of hydrogen-bond acceptors (Lipinski definition) is 3. The lowest BCUT2D eigenvalue weighted by Crippen LogP contribution is -2.02. The Balaban J connectivity index is 2.52. The molecule has 0 aliphatic rings. The van der Waals surface area contributed by atoms with Gasteiger partial charge >= 0.3 is 0 Å². The van der Waals surface area contributed by atoms with Gasteiger partial charge in [0, 0.05) is 4.47 Å². The highest BCUT2D eigenvalue weighted by molar-refractivity contribution is 9.10. The first-order valence-electron chi connectivity index (χ1n) is 3.80. The lowest BCUT2D eigenvalue weighted by Gasteiger charge is -2.00. The minimum absolute atomic E-state index is 0.257. The summed E-state index contributed by atoms with van der Waals surface area (Å²) in [4.78, 5) is 1.15. The number of nitrogens with zero attached hydrogens (tertiary/aromatic N) is 3. The Hall–Kier alpha value is -1.43. The van der Waals surface area contributed by atoms with E-state index < -0.39 is 5.82 Å². The average molecular weight is 257 g/mol. The molecular weight excluding hydrogens is 251 g/mol. The van der Waals surface area contributed by atoms with Crippen LogP contribution in [0.3, 0.4) is 0 Å². The maximum Gasteiger partial charge on any atom is 0.166 e. The maximum absolute atomic E-state index is 13.4. The molecule has 0 fully saturated rings. The van der Waals surface area contributed by atoms with E-state index in [4.69, 9.17) is 5.73 Å². The normalized spacial score (nSPS) is 10.4. The summed E-state index contributed by atoms with van der Waals surface area (Å²) in [6.45, 7) is 0. The first kappa shape index (κ1) is 9.14. The third-order valence-electron chi connectivity index (χ3n) is 1.63. The van der Waals surface area contributed by atoms with Gasteiger partial charge in [-0.05, 0) is 18.2 Å². The molecule has 0 unspecified atom stereocenters. The van der Waals surface area contributed by atoms with E-state index >= 15 is 0 Å². The first-order valence-corrected chi connectivity index (χ1v) is 4.59. The van der Waals surface area contributed by atoms with Crippen LogP contribution in [0.4, 0.5) is 10.2 Å². The van der Waals surface area contributed by atoms with Gasteiger partial charge in [0.2, 0.25) is 0 Å². The summed E-state index contributed by atoms with van der Waals surface area (Å²) < 4.78 is 14.0. The zero-order chi connectivity index (χ0) is 10.1. The van der Waals surface area contributed by atoms with Crippen LogP contribution in [0.25, 0.3) is 5.69 Å². The summed E-state index contributed by atoms with van der Waals surface area (Å²) in [6, 6.07) is 4.62. The van der Waals surface area contributed by atoms with Crippen molar-refractivity contribution < 1.29 is 4.39 Å². The van der Waals surface area contributed by atoms with Gasteiger partial charge in [-0.2, -0.15) is 5.10 Å². The van der Waals surface area contributed by atoms with Gasteiger partial charge in [-0.15, -0.1) is 9.90 Å². The molecular formula is C8H6BrFN4. The highest BCUT2D eigenvalue weighted by Crippen LogP contribution is 2.17. The number of nitrogens with two attached hydrogens (primary N) is 1. The molecule has 1 heterocycles. The van der Waals surface area contributed by atoms with Gasteiger partial charge in [-0.3, -0.25) is 0 Å². The predicted octanol–water partition coefficient (Wildman–Crippen LogP) is 1.75. The number of rotatable bonds is 1. The van der Waals surface area contributed by atoms with Gasteiger partial charge < -0.3 is 5.73 Å². The van der Waals surface area contributed by atoms with Crippen LogP contribution < -0.4 is 5.73 Å². The molecule has 1 aromatic carbocycles. The Morgan fingerprint density at radius 3 is 2.79 bits per heavy atom. The Bertz CT molecular complexity index is 468. The molecule has 2 aromatic rings. The monoisotopic (exact) mass is 256 g/mol. The second kappa shape index (κ2) is 3.38. The largest absolute Gasteiger partial charge is 0.381 e. The molecule has 6 heteroatoms. The van der Waals surface area contributed by atoms with Crippen molar-refractivity contribution in [3.05, 3.63) is 34.7 Å². The molecule has 1 aromatic heterocycles. The maximum atomic E-state index is 13.4. The van der Waals surface area contributed by atoms with Crippen LogP contribution in [0.2, 0.25) is 0 Å². The molecule has 0 saturated heterocycles. The average Bonchev–Trinajstić information content (AvgIpc) is 2.51. The molecule has 2 N–H and O–H groups in total. The molecule has 0 aliphatic carbocycles. The smallest absolute Gasteiger partial charge is 0.166 e. The van der Waals surface area contributed by atoms with Crippen LogP contribution in [0, 0.1) is 5.82 Å². The lowest BCUT2D eigenvalue weighted by molar-refractivity contribution is 0.596. The zero-order valence-corrected chi connectivity index (χ0v) is 8.57. The summed E-state index contributed by atoms with van der Waals surface area (Å²) in [5.74, 6) is -0.151. The molecule has 0 spiro atoms. The van der Waals surface area contributed by atoms with E-state index in [1.807, 2.05) is 0 Å². The van der Waals surface area contributed by atoms with Crippen LogP contribution in [0.15, 0.2) is 28.9 Å². The Morgan fingerprint density at radius 2 is 2.21 bits per heavy atom. The van der Waals surface area contributed by atoms with Gasteiger partial charge in [0.25, 0.3) is 0 Å². The minimum Gasteiger partial charge on any atom is -0.381 e. The standard InChI is InChI=1S/C8H6BrFN4/c9-5-1-2-7(6(10)3-5)14-12-4-8(11)13-14/h1-4H,(H2,11,13). The van der Waals surface area contributed by atoms with Crippen LogP contribution in [0.5, 0.6) is 0 Å². The van der Waals surface area contributed by atoms with Crippen molar-refractivity contribution in [2.24, 2.45) is 0 Å². The van der Waals surface area contributed by atoms with Crippen molar-refractivity contribution in [1.82, 2.24) is 15.0 Å². The molecule has 4 nitrogen and oxygen atoms in total. The topological polar surface area (TPSA) is 56.7 Å². The number of benzene rings is 1. The molecule has 14 heavy (non-hydrogen) atoms. The van der Waals surface area contributed by atoms with Crippen molar-refractivity contribution in [3.8, 4) is 5.69 Å². The minimum atomic E-state index is -0.407. The highest BCUT2D eigenvalue weighted by Gasteiger charge is 2.06. The quantitative estimate of drug-likeness (QED) is 0.846. The first-order chi connectivity index (χ1) is 6.66. The van der Waals surface area contributed by atoms with E-state index in [0.29, 0.717) is 4.47 Å². The van der Waals surface area contributed by atoms with Crippen LogP contribution in [-0.2, 0) is 0 Å². The van der Waals surface area contributed by atoms with Crippen molar-refractivity contribution in [2.45, 2.75) is 0 Å². The van der Waals surface area contributed by atoms with Crippen LogP contribution in [-0.4, -0.2) is 15.0 Å². The van der Waals surface area contributed by atoms with Gasteiger partial charge in [0.1, 0.15) is 5.69 Å². The van der Waals surface area contributed by atoms with Crippen molar-refractivity contribution in [3.63, 3.8) is 0 Å². The van der Waals surface area contributed by atoms with Gasteiger partial charge in [0.15, 0.2) is 11.6 Å². The number of aromatic nitrogens is 3. The van der Waals surface area contributed by atoms with E-state index in [1.165, 1.54) is 12.3 Å². The zero-order valence-electron chi connectivity index (χ0n) is 6.98. The summed E-state index contributed by atoms with van der Waals surface area (Å²) in [5.41, 5.74) is 5.64. The van der Waals surface area contributed by atoms with Gasteiger partial charge in [-0.25, -0.2) is 4.39 Å². The summed E-state index contributed by atoms with van der Waals surface area (Å²) in [7, 11) is 0. The summed E-state index contributed by atoms with van der Waals surface area (Å²) in [5, 5.41) is 7.60. The fourth-order valence-electron chi connectivity index (χ4n) is 1.03. The molecule has 72 valence electrons. The van der Waals surface area contributed by atoms with E-state index in [1.54, 1.807) is 12.1 Å². The fraction of sp³-hybridized carbons (Fsp3) is 0. The number of anilines is 1. The summed E-state index contributed by atoms with van der Waals surface area (Å²) in [6.07, 6.45) is 1.36.